The highest BCUT2D eigenvalue weighted by Gasteiger charge is 2.33. The fraction of sp³-hybridized carbons (Fsp3) is 0.385. The standard InChI is InChI=1S/C13H12F3N3O/c14-13(15,16)9-5-3-8(4-6-9)12-18-11(19-20-12)10(17)7-1-2-7/h3-7,10H,1-2,17H2. The Balaban J connectivity index is 1.82. The summed E-state index contributed by atoms with van der Waals surface area (Å²) >= 11 is 0. The molecule has 0 amide bonds. The van der Waals surface area contributed by atoms with Gasteiger partial charge < -0.3 is 10.3 Å². The molecule has 1 unspecified atom stereocenters. The van der Waals surface area contributed by atoms with Crippen LogP contribution in [0.2, 0.25) is 0 Å². The van der Waals surface area contributed by atoms with Gasteiger partial charge in [0.1, 0.15) is 0 Å². The third kappa shape index (κ3) is 2.53. The summed E-state index contributed by atoms with van der Waals surface area (Å²) in [6.45, 7) is 0. The number of benzene rings is 1. The first-order valence-electron chi connectivity index (χ1n) is 6.22. The summed E-state index contributed by atoms with van der Waals surface area (Å²) in [6, 6.07) is 4.33. The zero-order valence-corrected chi connectivity index (χ0v) is 10.4. The molecule has 7 heteroatoms. The van der Waals surface area contributed by atoms with Crippen LogP contribution in [0.1, 0.15) is 30.3 Å². The van der Waals surface area contributed by atoms with Crippen LogP contribution in [-0.2, 0) is 6.18 Å². The molecule has 2 N–H and O–H groups in total. The minimum Gasteiger partial charge on any atom is -0.334 e. The van der Waals surface area contributed by atoms with E-state index in [0.717, 1.165) is 25.0 Å². The van der Waals surface area contributed by atoms with Crippen LogP contribution in [0.25, 0.3) is 11.5 Å². The molecule has 2 aromatic rings. The Kier molecular flexibility index (Phi) is 3.01. The Morgan fingerprint density at radius 3 is 2.40 bits per heavy atom. The summed E-state index contributed by atoms with van der Waals surface area (Å²) in [5.41, 5.74) is 5.67. The van der Waals surface area contributed by atoms with Gasteiger partial charge in [0.25, 0.3) is 5.89 Å². The summed E-state index contributed by atoms with van der Waals surface area (Å²) in [5.74, 6) is 0.972. The summed E-state index contributed by atoms with van der Waals surface area (Å²) in [7, 11) is 0. The summed E-state index contributed by atoms with van der Waals surface area (Å²) < 4.78 is 42.4. The van der Waals surface area contributed by atoms with Crippen molar-refractivity contribution in [1.29, 1.82) is 0 Å². The zero-order chi connectivity index (χ0) is 14.3. The predicted octanol–water partition coefficient (Wildman–Crippen LogP) is 3.17. The van der Waals surface area contributed by atoms with E-state index in [2.05, 4.69) is 10.1 Å². The van der Waals surface area contributed by atoms with Crippen molar-refractivity contribution in [3.05, 3.63) is 35.7 Å². The average Bonchev–Trinajstić information content (AvgIpc) is 3.14. The molecule has 4 nitrogen and oxygen atoms in total. The summed E-state index contributed by atoms with van der Waals surface area (Å²) in [6.07, 6.45) is -2.26. The Bertz CT molecular complexity index is 602. The molecule has 3 rings (SSSR count). The fourth-order valence-electron chi connectivity index (χ4n) is 1.96. The normalized spacial score (nSPS) is 17.2. The molecular formula is C13H12F3N3O. The van der Waals surface area contributed by atoms with Gasteiger partial charge in [-0.2, -0.15) is 18.2 Å². The smallest absolute Gasteiger partial charge is 0.334 e. The van der Waals surface area contributed by atoms with Gasteiger partial charge in [0.05, 0.1) is 11.6 Å². The van der Waals surface area contributed by atoms with Crippen LogP contribution in [0, 0.1) is 5.92 Å². The quantitative estimate of drug-likeness (QED) is 0.939. The van der Waals surface area contributed by atoms with Crippen LogP contribution in [0.5, 0.6) is 0 Å². The maximum atomic E-state index is 12.5. The highest BCUT2D eigenvalue weighted by atomic mass is 19.4. The van der Waals surface area contributed by atoms with Gasteiger partial charge >= 0.3 is 6.18 Å². The molecule has 0 aliphatic heterocycles. The molecular weight excluding hydrogens is 271 g/mol. The zero-order valence-electron chi connectivity index (χ0n) is 10.4. The Labute approximate surface area is 112 Å². The van der Waals surface area contributed by atoms with Gasteiger partial charge in [-0.05, 0) is 43.0 Å². The van der Waals surface area contributed by atoms with E-state index in [-0.39, 0.29) is 11.9 Å². The molecule has 1 aromatic heterocycles. The van der Waals surface area contributed by atoms with E-state index in [1.54, 1.807) is 0 Å². The molecule has 1 aliphatic carbocycles. The van der Waals surface area contributed by atoms with Crippen LogP contribution < -0.4 is 5.73 Å². The predicted molar refractivity (Wildman–Crippen MR) is 64.4 cm³/mol. The number of rotatable bonds is 3. The third-order valence-electron chi connectivity index (χ3n) is 3.33. The maximum absolute atomic E-state index is 12.5. The van der Waals surface area contributed by atoms with Gasteiger partial charge in [0.2, 0.25) is 0 Å². The number of aromatic nitrogens is 2. The number of nitrogens with two attached hydrogens (primary N) is 1. The van der Waals surface area contributed by atoms with Gasteiger partial charge in [0.15, 0.2) is 5.82 Å². The minimum atomic E-state index is -4.35. The molecule has 1 saturated carbocycles. The molecule has 1 aliphatic rings. The maximum Gasteiger partial charge on any atom is 0.416 e. The van der Waals surface area contributed by atoms with E-state index < -0.39 is 11.7 Å². The van der Waals surface area contributed by atoms with E-state index in [1.165, 1.54) is 12.1 Å². The first-order valence-corrected chi connectivity index (χ1v) is 6.22. The van der Waals surface area contributed by atoms with E-state index in [0.29, 0.717) is 17.3 Å². The minimum absolute atomic E-state index is 0.185. The van der Waals surface area contributed by atoms with Gasteiger partial charge in [-0.1, -0.05) is 5.16 Å². The monoisotopic (exact) mass is 283 g/mol. The van der Waals surface area contributed by atoms with Crippen LogP contribution in [-0.4, -0.2) is 10.1 Å². The van der Waals surface area contributed by atoms with E-state index >= 15 is 0 Å². The molecule has 1 fully saturated rings. The lowest BCUT2D eigenvalue weighted by Crippen LogP contribution is -2.13. The van der Waals surface area contributed by atoms with Crippen molar-refractivity contribution < 1.29 is 17.7 Å². The molecule has 20 heavy (non-hydrogen) atoms. The van der Waals surface area contributed by atoms with E-state index in [4.69, 9.17) is 10.3 Å². The molecule has 0 spiro atoms. The first kappa shape index (κ1) is 13.1. The van der Waals surface area contributed by atoms with Crippen LogP contribution >= 0.6 is 0 Å². The number of halogens is 3. The average molecular weight is 283 g/mol. The van der Waals surface area contributed by atoms with E-state index in [9.17, 15) is 13.2 Å². The molecule has 106 valence electrons. The second-order valence-corrected chi connectivity index (χ2v) is 4.90. The van der Waals surface area contributed by atoms with Crippen LogP contribution in [0.4, 0.5) is 13.2 Å². The van der Waals surface area contributed by atoms with E-state index in [1.807, 2.05) is 0 Å². The molecule has 1 atom stereocenters. The molecule has 0 radical (unpaired) electrons. The lowest BCUT2D eigenvalue weighted by atomic mass is 10.1. The largest absolute Gasteiger partial charge is 0.416 e. The Morgan fingerprint density at radius 1 is 1.20 bits per heavy atom. The van der Waals surface area contributed by atoms with Crippen molar-refractivity contribution in [2.24, 2.45) is 11.7 Å². The first-order chi connectivity index (χ1) is 9.45. The third-order valence-corrected chi connectivity index (χ3v) is 3.33. The lowest BCUT2D eigenvalue weighted by Gasteiger charge is -2.05. The Hall–Kier alpha value is -1.89. The van der Waals surface area contributed by atoms with Gasteiger partial charge in [-0.3, -0.25) is 0 Å². The molecule has 1 aromatic carbocycles. The molecule has 0 saturated heterocycles. The summed E-state index contributed by atoms with van der Waals surface area (Å²) in [5, 5.41) is 3.79. The van der Waals surface area contributed by atoms with Crippen molar-refractivity contribution >= 4 is 0 Å². The number of nitrogens with zero attached hydrogens (tertiary/aromatic N) is 2. The molecule has 0 bridgehead atoms. The summed E-state index contributed by atoms with van der Waals surface area (Å²) in [4.78, 5) is 4.15. The number of hydrogen-bond acceptors (Lipinski definition) is 4. The highest BCUT2D eigenvalue weighted by Crippen LogP contribution is 2.39. The number of hydrogen-bond donors (Lipinski definition) is 1. The second-order valence-electron chi connectivity index (χ2n) is 4.90. The fourth-order valence-corrected chi connectivity index (χ4v) is 1.96. The van der Waals surface area contributed by atoms with Crippen molar-refractivity contribution in [2.45, 2.75) is 25.1 Å². The second kappa shape index (κ2) is 4.59. The molecule has 1 heterocycles. The van der Waals surface area contributed by atoms with Crippen molar-refractivity contribution in [3.63, 3.8) is 0 Å². The van der Waals surface area contributed by atoms with Gasteiger partial charge in [0, 0.05) is 5.56 Å². The SMILES string of the molecule is NC(c1noc(-c2ccc(C(F)(F)F)cc2)n1)C1CC1. The van der Waals surface area contributed by atoms with Crippen LogP contribution in [0.15, 0.2) is 28.8 Å². The lowest BCUT2D eigenvalue weighted by molar-refractivity contribution is -0.137. The number of alkyl halides is 3. The van der Waals surface area contributed by atoms with Gasteiger partial charge in [-0.25, -0.2) is 0 Å². The Morgan fingerprint density at radius 2 is 1.85 bits per heavy atom. The van der Waals surface area contributed by atoms with Crippen molar-refractivity contribution in [1.82, 2.24) is 10.1 Å². The van der Waals surface area contributed by atoms with Crippen molar-refractivity contribution in [3.8, 4) is 11.5 Å². The van der Waals surface area contributed by atoms with Crippen LogP contribution in [0.3, 0.4) is 0 Å². The highest BCUT2D eigenvalue weighted by molar-refractivity contribution is 5.53. The topological polar surface area (TPSA) is 64.9 Å². The van der Waals surface area contributed by atoms with Gasteiger partial charge in [-0.15, -0.1) is 0 Å². The van der Waals surface area contributed by atoms with Crippen molar-refractivity contribution in [2.75, 3.05) is 0 Å².